The summed E-state index contributed by atoms with van der Waals surface area (Å²) in [6.07, 6.45) is 0. The van der Waals surface area contributed by atoms with Crippen LogP contribution in [0.15, 0.2) is 63.9 Å². The third kappa shape index (κ3) is 3.79. The number of ether oxygens (including phenoxy) is 1. The fraction of sp³-hybridized carbons (Fsp3) is 0.0952. The number of carbonyl (C=O) groups is 1. The van der Waals surface area contributed by atoms with Crippen LogP contribution in [0.4, 0.5) is 0 Å². The summed E-state index contributed by atoms with van der Waals surface area (Å²) < 4.78 is 5.80. The zero-order chi connectivity index (χ0) is 22.0. The second-order valence-corrected chi connectivity index (χ2v) is 6.57. The van der Waals surface area contributed by atoms with Crippen LogP contribution in [0.3, 0.4) is 0 Å². The van der Waals surface area contributed by atoms with E-state index in [0.717, 1.165) is 4.68 Å². The lowest BCUT2D eigenvalue weighted by atomic mass is 10.2. The third-order valence-corrected chi connectivity index (χ3v) is 4.57. The van der Waals surface area contributed by atoms with Crippen molar-refractivity contribution in [2.75, 3.05) is 6.61 Å². The number of nitrogens with one attached hydrogen (secondary N) is 2. The van der Waals surface area contributed by atoms with Gasteiger partial charge in [0.25, 0.3) is 11.1 Å². The van der Waals surface area contributed by atoms with E-state index in [2.05, 4.69) is 15.1 Å². The minimum absolute atomic E-state index is 0.132. The summed E-state index contributed by atoms with van der Waals surface area (Å²) in [4.78, 5) is 43.8. The lowest BCUT2D eigenvalue weighted by molar-refractivity contribution is -0.144. The summed E-state index contributed by atoms with van der Waals surface area (Å²) in [6, 6.07) is 15.1. The zero-order valence-electron chi connectivity index (χ0n) is 16.0. The van der Waals surface area contributed by atoms with E-state index in [0.29, 0.717) is 11.0 Å². The molecule has 0 radical (unpaired) electrons. The second kappa shape index (κ2) is 8.00. The molecule has 4 aromatic rings. The molecule has 10 nitrogen and oxygen atoms in total. The summed E-state index contributed by atoms with van der Waals surface area (Å²) in [6.45, 7) is -1.18. The molecule has 2 heterocycles. The van der Waals surface area contributed by atoms with Gasteiger partial charge in [0.1, 0.15) is 24.8 Å². The molecule has 0 aliphatic carbocycles. The number of hydrogen-bond acceptors (Lipinski definition) is 7. The van der Waals surface area contributed by atoms with Crippen LogP contribution in [0.25, 0.3) is 27.4 Å². The summed E-state index contributed by atoms with van der Waals surface area (Å²) in [5, 5.41) is 22.3. The van der Waals surface area contributed by atoms with Gasteiger partial charge in [-0.05, 0) is 24.3 Å². The Labute approximate surface area is 173 Å². The molecule has 0 fully saturated rings. The Bertz CT molecular complexity index is 1470. The van der Waals surface area contributed by atoms with E-state index in [1.54, 1.807) is 36.4 Å². The fourth-order valence-electron chi connectivity index (χ4n) is 3.08. The summed E-state index contributed by atoms with van der Waals surface area (Å²) in [7, 11) is 0. The molecule has 0 unspecified atom stereocenters. The Balaban J connectivity index is 1.52. The maximum absolute atomic E-state index is 12.4. The van der Waals surface area contributed by atoms with E-state index in [4.69, 9.17) is 4.74 Å². The van der Waals surface area contributed by atoms with Gasteiger partial charge in [0, 0.05) is 0 Å². The number of para-hydroxylation sites is 2. The number of allylic oxidation sites excluding steroid dienone is 1. The molecule has 0 aliphatic rings. The molecule has 0 spiro atoms. The van der Waals surface area contributed by atoms with E-state index in [-0.39, 0.29) is 22.2 Å². The predicted molar refractivity (Wildman–Crippen MR) is 111 cm³/mol. The number of aliphatic hydroxyl groups is 1. The minimum atomic E-state index is -0.888. The Hall–Kier alpha value is -4.65. The highest BCUT2D eigenvalue weighted by atomic mass is 16.5. The molecule has 0 aliphatic heterocycles. The van der Waals surface area contributed by atoms with Crippen LogP contribution in [0.1, 0.15) is 5.82 Å². The van der Waals surface area contributed by atoms with Gasteiger partial charge in [0.2, 0.25) is 0 Å². The number of aliphatic hydroxyl groups excluding tert-OH is 1. The number of benzene rings is 2. The molecule has 0 bridgehead atoms. The third-order valence-electron chi connectivity index (χ3n) is 4.57. The van der Waals surface area contributed by atoms with Gasteiger partial charge < -0.3 is 14.8 Å². The number of nitrogens with zero attached hydrogens (tertiary/aromatic N) is 3. The van der Waals surface area contributed by atoms with E-state index < -0.39 is 36.0 Å². The van der Waals surface area contributed by atoms with E-state index in [1.165, 1.54) is 12.1 Å². The van der Waals surface area contributed by atoms with Crippen molar-refractivity contribution < 1.29 is 14.6 Å². The lowest BCUT2D eigenvalue weighted by Gasteiger charge is -2.08. The van der Waals surface area contributed by atoms with Crippen molar-refractivity contribution in [2.45, 2.75) is 6.54 Å². The lowest BCUT2D eigenvalue weighted by Crippen LogP contribution is -2.33. The summed E-state index contributed by atoms with van der Waals surface area (Å²) >= 11 is 0. The van der Waals surface area contributed by atoms with Crippen molar-refractivity contribution in [1.29, 1.82) is 5.26 Å². The number of nitriles is 1. The standard InChI is InChI=1S/C21H15N5O5/c22-9-14(19-23-15-7-3-4-8-16(15)24-19)17(27)11-31-18(28)10-26-21(30)13-6-2-1-5-12(13)20(29)25-26/h1-8,27H,10-11H2,(H,23,24)(H,25,29). The number of rotatable bonds is 5. The number of hydrogen-bond donors (Lipinski definition) is 3. The smallest absolute Gasteiger partial charge is 0.328 e. The first-order valence-corrected chi connectivity index (χ1v) is 9.12. The van der Waals surface area contributed by atoms with E-state index in [1.807, 2.05) is 6.07 Å². The van der Waals surface area contributed by atoms with Crippen LogP contribution in [0.5, 0.6) is 0 Å². The number of fused-ring (bicyclic) bond motifs is 2. The molecule has 31 heavy (non-hydrogen) atoms. The van der Waals surface area contributed by atoms with Gasteiger partial charge in [-0.2, -0.15) is 5.26 Å². The monoisotopic (exact) mass is 417 g/mol. The maximum atomic E-state index is 12.4. The Kier molecular flexibility index (Phi) is 5.07. The van der Waals surface area contributed by atoms with Crippen LogP contribution in [0, 0.1) is 11.3 Å². The molecular formula is C21H15N5O5. The zero-order valence-corrected chi connectivity index (χ0v) is 16.0. The number of aromatic amines is 2. The highest BCUT2D eigenvalue weighted by Gasteiger charge is 2.16. The first-order chi connectivity index (χ1) is 15.0. The molecule has 0 saturated heterocycles. The number of carbonyl (C=O) groups excluding carboxylic acids is 1. The van der Waals surface area contributed by atoms with Gasteiger partial charge in [-0.3, -0.25) is 19.5 Å². The van der Waals surface area contributed by atoms with E-state index in [9.17, 15) is 24.8 Å². The van der Waals surface area contributed by atoms with Crippen LogP contribution in [-0.2, 0) is 16.1 Å². The molecule has 2 aromatic heterocycles. The van der Waals surface area contributed by atoms with Crippen LogP contribution in [0.2, 0.25) is 0 Å². The molecular weight excluding hydrogens is 402 g/mol. The van der Waals surface area contributed by atoms with Crippen molar-refractivity contribution in [3.05, 3.63) is 80.8 Å². The first kappa shape index (κ1) is 19.7. The van der Waals surface area contributed by atoms with Gasteiger partial charge in [0.05, 0.1) is 21.8 Å². The first-order valence-electron chi connectivity index (χ1n) is 9.12. The number of aromatic nitrogens is 4. The highest BCUT2D eigenvalue weighted by Crippen LogP contribution is 2.18. The van der Waals surface area contributed by atoms with Gasteiger partial charge in [-0.25, -0.2) is 9.67 Å². The second-order valence-electron chi connectivity index (χ2n) is 6.57. The van der Waals surface area contributed by atoms with Gasteiger partial charge in [-0.15, -0.1) is 0 Å². The van der Waals surface area contributed by atoms with Crippen LogP contribution in [-0.4, -0.2) is 37.4 Å². The number of H-pyrrole nitrogens is 2. The van der Waals surface area contributed by atoms with Gasteiger partial charge in [-0.1, -0.05) is 24.3 Å². The van der Waals surface area contributed by atoms with Crippen molar-refractivity contribution >= 4 is 33.3 Å². The van der Waals surface area contributed by atoms with Crippen molar-refractivity contribution in [3.63, 3.8) is 0 Å². The van der Waals surface area contributed by atoms with Crippen LogP contribution >= 0.6 is 0 Å². The van der Waals surface area contributed by atoms with Crippen LogP contribution < -0.4 is 11.1 Å². The molecule has 154 valence electrons. The Morgan fingerprint density at radius 2 is 1.84 bits per heavy atom. The largest absolute Gasteiger partial charge is 0.507 e. The van der Waals surface area contributed by atoms with Gasteiger partial charge in [0.15, 0.2) is 11.6 Å². The molecule has 0 saturated carbocycles. The number of imidazole rings is 1. The Morgan fingerprint density at radius 3 is 2.58 bits per heavy atom. The summed E-state index contributed by atoms with van der Waals surface area (Å²) in [5.74, 6) is -1.26. The Morgan fingerprint density at radius 1 is 1.13 bits per heavy atom. The average Bonchev–Trinajstić information content (AvgIpc) is 3.20. The van der Waals surface area contributed by atoms with E-state index >= 15 is 0 Å². The summed E-state index contributed by atoms with van der Waals surface area (Å²) in [5.41, 5.74) is 0.0129. The van der Waals surface area contributed by atoms with Crippen molar-refractivity contribution in [1.82, 2.24) is 19.7 Å². The normalized spacial score (nSPS) is 11.8. The topological polar surface area (TPSA) is 154 Å². The fourth-order valence-corrected chi connectivity index (χ4v) is 3.08. The predicted octanol–water partition coefficient (Wildman–Crippen LogP) is 1.60. The minimum Gasteiger partial charge on any atom is -0.507 e. The molecule has 3 N–H and O–H groups in total. The SMILES string of the molecule is N#CC(=C(O)COC(=O)Cn1[nH]c(=O)c2ccccc2c1=O)c1nc2ccccc2[nH]1. The molecule has 4 rings (SSSR count). The maximum Gasteiger partial charge on any atom is 0.328 e. The quantitative estimate of drug-likeness (QED) is 0.253. The van der Waals surface area contributed by atoms with Crippen molar-refractivity contribution in [2.24, 2.45) is 0 Å². The average molecular weight is 417 g/mol. The van der Waals surface area contributed by atoms with Crippen molar-refractivity contribution in [3.8, 4) is 6.07 Å². The number of esters is 1. The van der Waals surface area contributed by atoms with Gasteiger partial charge >= 0.3 is 5.97 Å². The highest BCUT2D eigenvalue weighted by molar-refractivity contribution is 5.83. The molecule has 0 amide bonds. The molecule has 10 heteroatoms. The molecule has 2 aromatic carbocycles. The molecule has 0 atom stereocenters.